The van der Waals surface area contributed by atoms with Gasteiger partial charge in [-0.05, 0) is 30.7 Å². The molecule has 2 aromatic rings. The topological polar surface area (TPSA) is 53.1 Å². The fraction of sp³-hybridized carbons (Fsp3) is 0.462. The second kappa shape index (κ2) is 9.43. The number of benzene rings is 2. The van der Waals surface area contributed by atoms with Gasteiger partial charge in [-0.3, -0.25) is 19.4 Å². The van der Waals surface area contributed by atoms with Gasteiger partial charge >= 0.3 is 0 Å². The number of hydrogen-bond donors (Lipinski definition) is 0. The summed E-state index contributed by atoms with van der Waals surface area (Å²) in [7, 11) is 1.71. The van der Waals surface area contributed by atoms with Gasteiger partial charge in [-0.1, -0.05) is 43.3 Å². The highest BCUT2D eigenvalue weighted by Crippen LogP contribution is 2.37. The van der Waals surface area contributed by atoms with Crippen molar-refractivity contribution in [2.24, 2.45) is 0 Å². The molecule has 170 valence electrons. The molecule has 2 amide bonds. The predicted octanol–water partition coefficient (Wildman–Crippen LogP) is 3.85. The molecule has 6 nitrogen and oxygen atoms in total. The number of para-hydroxylation sites is 2. The fourth-order valence-corrected chi connectivity index (χ4v) is 5.18. The monoisotopic (exact) mass is 435 g/mol. The van der Waals surface area contributed by atoms with E-state index in [1.54, 1.807) is 7.11 Å². The summed E-state index contributed by atoms with van der Waals surface area (Å²) in [5, 5.41) is 0. The van der Waals surface area contributed by atoms with Crippen LogP contribution in [0.25, 0.3) is 0 Å². The van der Waals surface area contributed by atoms with E-state index in [1.807, 2.05) is 71.3 Å². The molecule has 2 aliphatic rings. The Kier molecular flexibility index (Phi) is 6.63. The van der Waals surface area contributed by atoms with Gasteiger partial charge in [-0.15, -0.1) is 0 Å². The summed E-state index contributed by atoms with van der Waals surface area (Å²) in [6, 6.07) is 18.1. The molecule has 0 aliphatic carbocycles. The van der Waals surface area contributed by atoms with Crippen LogP contribution in [-0.2, 0) is 20.7 Å². The lowest BCUT2D eigenvalue weighted by Crippen LogP contribution is -2.61. The molecule has 0 saturated carbocycles. The summed E-state index contributed by atoms with van der Waals surface area (Å²) in [4.78, 5) is 31.7. The van der Waals surface area contributed by atoms with Crippen LogP contribution < -0.4 is 9.80 Å². The molecule has 2 aromatic carbocycles. The average Bonchev–Trinajstić information content (AvgIpc) is 3.14. The number of anilines is 2. The lowest BCUT2D eigenvalue weighted by atomic mass is 9.91. The van der Waals surface area contributed by atoms with Crippen LogP contribution in [0.3, 0.4) is 0 Å². The maximum absolute atomic E-state index is 13.0. The molecule has 1 saturated heterocycles. The molecule has 2 unspecified atom stereocenters. The highest BCUT2D eigenvalue weighted by atomic mass is 16.5. The second-order valence-corrected chi connectivity index (χ2v) is 8.76. The van der Waals surface area contributed by atoms with Crippen molar-refractivity contribution in [3.05, 3.63) is 60.2 Å². The van der Waals surface area contributed by atoms with Crippen molar-refractivity contribution in [1.82, 2.24) is 4.90 Å². The number of likely N-dealkylation sites (tertiary alicyclic amines) is 1. The normalized spacial score (nSPS) is 23.3. The Balaban J connectivity index is 1.47. The van der Waals surface area contributed by atoms with Crippen LogP contribution in [-0.4, -0.2) is 55.2 Å². The molecule has 2 aliphatic heterocycles. The van der Waals surface area contributed by atoms with Crippen molar-refractivity contribution in [2.75, 3.05) is 36.5 Å². The Bertz CT molecular complexity index is 964. The van der Waals surface area contributed by atoms with Crippen molar-refractivity contribution >= 4 is 23.2 Å². The largest absolute Gasteiger partial charge is 0.358 e. The van der Waals surface area contributed by atoms with Gasteiger partial charge in [0.1, 0.15) is 5.72 Å². The lowest BCUT2D eigenvalue weighted by Gasteiger charge is -2.50. The average molecular weight is 436 g/mol. The first-order valence-corrected chi connectivity index (χ1v) is 11.5. The number of methoxy groups -OCH3 is 1. The molecule has 6 heteroatoms. The standard InChI is InChI=1S/C26H33N3O3/c1-4-24(30)29(22-11-6-5-7-12-22)26(32-3)14-15-27(20(2)19-26)16-17-28-23-13-9-8-10-21(23)18-25(28)31/h5-13,20H,4,14-19H2,1-3H3. The number of rotatable bonds is 7. The summed E-state index contributed by atoms with van der Waals surface area (Å²) in [6.45, 7) is 6.36. The summed E-state index contributed by atoms with van der Waals surface area (Å²) in [6.07, 6.45) is 2.35. The molecule has 2 heterocycles. The molecule has 2 atom stereocenters. The Morgan fingerprint density at radius 2 is 1.84 bits per heavy atom. The highest BCUT2D eigenvalue weighted by molar-refractivity contribution is 6.01. The number of carbonyl (C=O) groups excluding carboxylic acids is 2. The minimum Gasteiger partial charge on any atom is -0.358 e. The number of piperidine rings is 1. The summed E-state index contributed by atoms with van der Waals surface area (Å²) in [5.41, 5.74) is 2.36. The number of ether oxygens (including phenoxy) is 1. The smallest absolute Gasteiger partial charge is 0.231 e. The SMILES string of the molecule is CCC(=O)N(c1ccccc1)C1(OC)CCN(CCN2C(=O)Cc3ccccc32)C(C)C1. The maximum Gasteiger partial charge on any atom is 0.231 e. The maximum atomic E-state index is 13.0. The molecule has 0 bridgehead atoms. The van der Waals surface area contributed by atoms with Crippen LogP contribution in [0.5, 0.6) is 0 Å². The number of carbonyl (C=O) groups is 2. The molecule has 0 spiro atoms. The molecule has 1 fully saturated rings. The van der Waals surface area contributed by atoms with E-state index in [0.717, 1.165) is 36.4 Å². The first kappa shape index (κ1) is 22.5. The van der Waals surface area contributed by atoms with Gasteiger partial charge in [0.2, 0.25) is 11.8 Å². The van der Waals surface area contributed by atoms with E-state index in [2.05, 4.69) is 11.8 Å². The number of hydrogen-bond acceptors (Lipinski definition) is 4. The summed E-state index contributed by atoms with van der Waals surface area (Å²) < 4.78 is 6.09. The van der Waals surface area contributed by atoms with Gasteiger partial charge in [-0.25, -0.2) is 0 Å². The van der Waals surface area contributed by atoms with Crippen LogP contribution in [0.4, 0.5) is 11.4 Å². The zero-order chi connectivity index (χ0) is 22.7. The zero-order valence-corrected chi connectivity index (χ0v) is 19.3. The molecule has 0 aromatic heterocycles. The summed E-state index contributed by atoms with van der Waals surface area (Å²) in [5.74, 6) is 0.240. The minimum absolute atomic E-state index is 0.0676. The lowest BCUT2D eigenvalue weighted by molar-refractivity contribution is -0.130. The van der Waals surface area contributed by atoms with E-state index in [9.17, 15) is 9.59 Å². The number of nitrogens with zero attached hydrogens (tertiary/aromatic N) is 3. The van der Waals surface area contributed by atoms with Crippen molar-refractivity contribution in [3.8, 4) is 0 Å². The van der Waals surface area contributed by atoms with Crippen molar-refractivity contribution in [2.45, 2.75) is 51.3 Å². The third-order valence-electron chi connectivity index (χ3n) is 6.92. The van der Waals surface area contributed by atoms with Crippen LogP contribution >= 0.6 is 0 Å². The minimum atomic E-state index is -0.666. The van der Waals surface area contributed by atoms with Crippen LogP contribution in [0.15, 0.2) is 54.6 Å². The van der Waals surface area contributed by atoms with Gasteiger partial charge < -0.3 is 9.64 Å². The third-order valence-corrected chi connectivity index (χ3v) is 6.92. The molecule has 4 rings (SSSR count). The van der Waals surface area contributed by atoms with E-state index in [1.165, 1.54) is 0 Å². The number of fused-ring (bicyclic) bond motifs is 1. The van der Waals surface area contributed by atoms with Crippen molar-refractivity contribution < 1.29 is 14.3 Å². The van der Waals surface area contributed by atoms with E-state index < -0.39 is 5.72 Å². The molecule has 0 N–H and O–H groups in total. The molecule has 0 radical (unpaired) electrons. The molecular formula is C26H33N3O3. The first-order valence-electron chi connectivity index (χ1n) is 11.5. The first-order chi connectivity index (χ1) is 15.5. The molecular weight excluding hydrogens is 402 g/mol. The van der Waals surface area contributed by atoms with Gasteiger partial charge in [0.05, 0.1) is 6.42 Å². The Morgan fingerprint density at radius 1 is 1.12 bits per heavy atom. The van der Waals surface area contributed by atoms with Crippen LogP contribution in [0.2, 0.25) is 0 Å². The van der Waals surface area contributed by atoms with Crippen LogP contribution in [0, 0.1) is 0 Å². The van der Waals surface area contributed by atoms with E-state index >= 15 is 0 Å². The van der Waals surface area contributed by atoms with Gasteiger partial charge in [-0.2, -0.15) is 0 Å². The van der Waals surface area contributed by atoms with Gasteiger partial charge in [0.25, 0.3) is 0 Å². The Hall–Kier alpha value is -2.70. The Morgan fingerprint density at radius 3 is 2.53 bits per heavy atom. The van der Waals surface area contributed by atoms with Gasteiger partial charge in [0.15, 0.2) is 0 Å². The van der Waals surface area contributed by atoms with Crippen LogP contribution in [0.1, 0.15) is 38.7 Å². The van der Waals surface area contributed by atoms with Crippen molar-refractivity contribution in [1.29, 1.82) is 0 Å². The third kappa shape index (κ3) is 4.17. The van der Waals surface area contributed by atoms with E-state index in [0.29, 0.717) is 25.8 Å². The van der Waals surface area contributed by atoms with E-state index in [4.69, 9.17) is 4.74 Å². The van der Waals surface area contributed by atoms with E-state index in [-0.39, 0.29) is 17.9 Å². The second-order valence-electron chi connectivity index (χ2n) is 8.76. The number of amides is 2. The quantitative estimate of drug-likeness (QED) is 0.620. The molecule has 32 heavy (non-hydrogen) atoms. The van der Waals surface area contributed by atoms with Gasteiger partial charge in [0, 0.05) is 63.4 Å². The van der Waals surface area contributed by atoms with Crippen molar-refractivity contribution in [3.63, 3.8) is 0 Å². The summed E-state index contributed by atoms with van der Waals surface area (Å²) >= 11 is 0. The Labute approximate surface area is 190 Å². The predicted molar refractivity (Wildman–Crippen MR) is 127 cm³/mol. The highest BCUT2D eigenvalue weighted by Gasteiger charge is 2.45. The zero-order valence-electron chi connectivity index (χ0n) is 19.3. The fourth-order valence-electron chi connectivity index (χ4n) is 5.18.